The first kappa shape index (κ1) is 16.6. The van der Waals surface area contributed by atoms with Crippen LogP contribution in [0.5, 0.6) is 0 Å². The van der Waals surface area contributed by atoms with Gasteiger partial charge in [-0.15, -0.1) is 0 Å². The zero-order valence-corrected chi connectivity index (χ0v) is 13.0. The molecule has 0 aliphatic heterocycles. The summed E-state index contributed by atoms with van der Waals surface area (Å²) in [4.78, 5) is 17.0. The van der Waals surface area contributed by atoms with Crippen LogP contribution in [0.2, 0.25) is 0 Å². The number of nitrogens with one attached hydrogen (secondary N) is 1. The van der Waals surface area contributed by atoms with Crippen molar-refractivity contribution < 1.29 is 4.79 Å². The van der Waals surface area contributed by atoms with Crippen LogP contribution in [0.15, 0.2) is 24.4 Å². The summed E-state index contributed by atoms with van der Waals surface area (Å²) in [5, 5.41) is 2.92. The van der Waals surface area contributed by atoms with Crippen molar-refractivity contribution in [3.8, 4) is 0 Å². The van der Waals surface area contributed by atoms with Crippen LogP contribution in [0.4, 0.5) is 0 Å². The van der Waals surface area contributed by atoms with Gasteiger partial charge in [-0.3, -0.25) is 9.78 Å². The van der Waals surface area contributed by atoms with Gasteiger partial charge in [0.15, 0.2) is 0 Å². The van der Waals surface area contributed by atoms with Crippen LogP contribution in [0, 0.1) is 5.41 Å². The Balaban J connectivity index is 2.80. The van der Waals surface area contributed by atoms with Crippen molar-refractivity contribution in [2.75, 3.05) is 0 Å². The topological polar surface area (TPSA) is 68.0 Å². The molecule has 0 aliphatic rings. The van der Waals surface area contributed by atoms with Crippen molar-refractivity contribution >= 4 is 23.1 Å². The first-order valence-electron chi connectivity index (χ1n) is 7.05. The fraction of sp³-hybridized carbons (Fsp3) is 0.533. The van der Waals surface area contributed by atoms with Gasteiger partial charge in [0, 0.05) is 6.20 Å². The second kappa shape index (κ2) is 7.94. The number of pyridine rings is 1. The van der Waals surface area contributed by atoms with Gasteiger partial charge in [-0.1, -0.05) is 45.0 Å². The third-order valence-corrected chi connectivity index (χ3v) is 3.81. The van der Waals surface area contributed by atoms with Crippen LogP contribution in [0.25, 0.3) is 0 Å². The van der Waals surface area contributed by atoms with Gasteiger partial charge in [0.25, 0.3) is 0 Å². The fourth-order valence-corrected chi connectivity index (χ4v) is 2.70. The molecular weight excluding hydrogens is 270 g/mol. The van der Waals surface area contributed by atoms with Gasteiger partial charge in [0.2, 0.25) is 5.91 Å². The first-order chi connectivity index (χ1) is 9.56. The number of nitrogens with two attached hydrogens (primary N) is 1. The normalized spacial score (nSPS) is 11.1. The maximum absolute atomic E-state index is 12.6. The van der Waals surface area contributed by atoms with Crippen LogP contribution in [0.3, 0.4) is 0 Å². The molecule has 0 radical (unpaired) electrons. The molecule has 4 nitrogen and oxygen atoms in total. The van der Waals surface area contributed by atoms with E-state index in [0.29, 0.717) is 24.4 Å². The third-order valence-electron chi connectivity index (χ3n) is 3.42. The van der Waals surface area contributed by atoms with E-state index in [1.807, 2.05) is 32.0 Å². The van der Waals surface area contributed by atoms with Crippen molar-refractivity contribution in [3.05, 3.63) is 30.1 Å². The summed E-state index contributed by atoms with van der Waals surface area (Å²) in [5.41, 5.74) is 5.96. The van der Waals surface area contributed by atoms with Crippen LogP contribution < -0.4 is 11.1 Å². The van der Waals surface area contributed by atoms with Crippen molar-refractivity contribution in [1.82, 2.24) is 10.3 Å². The van der Waals surface area contributed by atoms with E-state index in [9.17, 15) is 4.79 Å². The van der Waals surface area contributed by atoms with Gasteiger partial charge in [0.1, 0.15) is 0 Å². The number of hydrogen-bond donors (Lipinski definition) is 2. The van der Waals surface area contributed by atoms with Gasteiger partial charge in [-0.05, 0) is 25.0 Å². The molecule has 3 N–H and O–H groups in total. The molecule has 1 aromatic heterocycles. The molecule has 1 rings (SSSR count). The summed E-state index contributed by atoms with van der Waals surface area (Å²) < 4.78 is 0. The predicted octanol–water partition coefficient (Wildman–Crippen LogP) is 2.57. The number of rotatable bonds is 8. The molecule has 0 saturated heterocycles. The highest BCUT2D eigenvalue weighted by Crippen LogP contribution is 2.31. The fourth-order valence-electron chi connectivity index (χ4n) is 2.41. The maximum Gasteiger partial charge on any atom is 0.233 e. The zero-order chi connectivity index (χ0) is 15.0. The molecule has 110 valence electrons. The van der Waals surface area contributed by atoms with Crippen LogP contribution >= 0.6 is 12.2 Å². The highest BCUT2D eigenvalue weighted by molar-refractivity contribution is 7.80. The van der Waals surface area contributed by atoms with Crippen LogP contribution in [-0.4, -0.2) is 15.9 Å². The van der Waals surface area contributed by atoms with Crippen molar-refractivity contribution in [2.45, 2.75) is 46.1 Å². The number of hydrogen-bond acceptors (Lipinski definition) is 3. The van der Waals surface area contributed by atoms with E-state index in [4.69, 9.17) is 18.0 Å². The second-order valence-electron chi connectivity index (χ2n) is 4.95. The van der Waals surface area contributed by atoms with E-state index in [1.54, 1.807) is 6.20 Å². The number of thiocarbonyl (C=S) groups is 1. The lowest BCUT2D eigenvalue weighted by molar-refractivity contribution is -0.128. The summed E-state index contributed by atoms with van der Waals surface area (Å²) >= 11 is 5.17. The summed E-state index contributed by atoms with van der Waals surface area (Å²) in [6.07, 6.45) is 4.82. The van der Waals surface area contributed by atoms with E-state index in [-0.39, 0.29) is 5.91 Å². The van der Waals surface area contributed by atoms with Crippen molar-refractivity contribution in [3.63, 3.8) is 0 Å². The van der Waals surface area contributed by atoms with Gasteiger partial charge in [0.05, 0.1) is 22.6 Å². The molecule has 0 fully saturated rings. The lowest BCUT2D eigenvalue weighted by Gasteiger charge is -2.31. The number of aromatic nitrogens is 1. The largest absolute Gasteiger partial charge is 0.392 e. The lowest BCUT2D eigenvalue weighted by atomic mass is 9.78. The van der Waals surface area contributed by atoms with E-state index >= 15 is 0 Å². The van der Waals surface area contributed by atoms with Crippen LogP contribution in [-0.2, 0) is 11.3 Å². The average molecular weight is 293 g/mol. The van der Waals surface area contributed by atoms with E-state index < -0.39 is 5.41 Å². The Morgan fingerprint density at radius 3 is 2.45 bits per heavy atom. The molecule has 5 heteroatoms. The second-order valence-corrected chi connectivity index (χ2v) is 5.39. The van der Waals surface area contributed by atoms with E-state index in [1.165, 1.54) is 0 Å². The van der Waals surface area contributed by atoms with Gasteiger partial charge in [-0.2, -0.15) is 0 Å². The molecular formula is C15H23N3OS. The summed E-state index contributed by atoms with van der Waals surface area (Å²) in [5.74, 6) is -0.0839. The third kappa shape index (κ3) is 4.00. The molecule has 0 aromatic carbocycles. The summed E-state index contributed by atoms with van der Waals surface area (Å²) in [6, 6.07) is 5.62. The highest BCUT2D eigenvalue weighted by atomic mass is 32.1. The molecule has 0 atom stereocenters. The number of amides is 1. The summed E-state index contributed by atoms with van der Waals surface area (Å²) in [6.45, 7) is 4.47. The Labute approximate surface area is 126 Å². The molecule has 1 heterocycles. The first-order valence-corrected chi connectivity index (χ1v) is 7.45. The summed E-state index contributed by atoms with van der Waals surface area (Å²) in [7, 11) is 0. The minimum absolute atomic E-state index is 0.0839. The minimum Gasteiger partial charge on any atom is -0.392 e. The molecule has 0 saturated carbocycles. The molecule has 0 spiro atoms. The minimum atomic E-state index is -0.729. The average Bonchev–Trinajstić information content (AvgIpc) is 2.45. The zero-order valence-electron chi connectivity index (χ0n) is 12.2. The lowest BCUT2D eigenvalue weighted by Crippen LogP contribution is -2.48. The van der Waals surface area contributed by atoms with Gasteiger partial charge in [-0.25, -0.2) is 0 Å². The number of nitrogens with zero attached hydrogens (tertiary/aromatic N) is 1. The van der Waals surface area contributed by atoms with Crippen LogP contribution in [0.1, 0.15) is 45.2 Å². The molecule has 0 aliphatic carbocycles. The van der Waals surface area contributed by atoms with E-state index in [2.05, 4.69) is 10.3 Å². The maximum atomic E-state index is 12.6. The number of carbonyl (C=O) groups is 1. The molecule has 0 unspecified atom stereocenters. The molecule has 1 amide bonds. The predicted molar refractivity (Wildman–Crippen MR) is 85.1 cm³/mol. The molecule has 0 bridgehead atoms. The smallest absolute Gasteiger partial charge is 0.233 e. The Bertz CT molecular complexity index is 442. The Morgan fingerprint density at radius 1 is 1.35 bits per heavy atom. The van der Waals surface area contributed by atoms with E-state index in [0.717, 1.165) is 18.5 Å². The Hall–Kier alpha value is -1.49. The Kier molecular flexibility index (Phi) is 6.58. The number of carbonyl (C=O) groups excluding carboxylic acids is 1. The van der Waals surface area contributed by atoms with Crippen molar-refractivity contribution in [1.29, 1.82) is 0 Å². The highest BCUT2D eigenvalue weighted by Gasteiger charge is 2.39. The van der Waals surface area contributed by atoms with Gasteiger partial charge < -0.3 is 11.1 Å². The standard InChI is InChI=1S/C15H23N3OS/c1-3-8-15(9-4-2,13(16)20)14(19)18-11-12-7-5-6-10-17-12/h5-7,10H,3-4,8-9,11H2,1-2H3,(H2,16,20)(H,18,19). The quantitative estimate of drug-likeness (QED) is 0.723. The molecule has 20 heavy (non-hydrogen) atoms. The Morgan fingerprint density at radius 2 is 2.00 bits per heavy atom. The van der Waals surface area contributed by atoms with Gasteiger partial charge >= 0.3 is 0 Å². The SMILES string of the molecule is CCCC(CCC)(C(=O)NCc1ccccn1)C(N)=S. The molecule has 1 aromatic rings. The van der Waals surface area contributed by atoms with Crippen molar-refractivity contribution in [2.24, 2.45) is 11.1 Å². The monoisotopic (exact) mass is 293 g/mol.